The third kappa shape index (κ3) is 2.77. The van der Waals surface area contributed by atoms with Crippen LogP contribution in [0.25, 0.3) is 0 Å². The fraction of sp³-hybridized carbons (Fsp3) is 0.462. The zero-order valence-electron chi connectivity index (χ0n) is 10.1. The Balaban J connectivity index is 2.02. The first-order chi connectivity index (χ1) is 8.33. The molecule has 0 aliphatic carbocycles. The van der Waals surface area contributed by atoms with E-state index in [0.29, 0.717) is 6.54 Å². The van der Waals surface area contributed by atoms with E-state index in [9.17, 15) is 4.79 Å². The van der Waals surface area contributed by atoms with Gasteiger partial charge in [-0.2, -0.15) is 0 Å². The molecule has 2 rings (SSSR count). The smallest absolute Gasteiger partial charge is 0.246 e. The number of nitrogens with one attached hydrogen (secondary N) is 1. The Morgan fingerprint density at radius 1 is 1.35 bits per heavy atom. The first-order valence-electron chi connectivity index (χ1n) is 5.95. The van der Waals surface area contributed by atoms with Gasteiger partial charge >= 0.3 is 0 Å². The van der Waals surface area contributed by atoms with E-state index >= 15 is 0 Å². The number of rotatable bonds is 5. The van der Waals surface area contributed by atoms with Crippen molar-refractivity contribution in [2.45, 2.75) is 12.8 Å². The monoisotopic (exact) mass is 234 g/mol. The second-order valence-electron chi connectivity index (χ2n) is 4.12. The van der Waals surface area contributed by atoms with Crippen molar-refractivity contribution in [2.24, 2.45) is 0 Å². The Morgan fingerprint density at radius 2 is 2.18 bits per heavy atom. The summed E-state index contributed by atoms with van der Waals surface area (Å²) in [6, 6.07) is 7.92. The number of ether oxygens (including phenoxy) is 1. The molecule has 0 aromatic heterocycles. The van der Waals surface area contributed by atoms with Gasteiger partial charge in [-0.25, -0.2) is 0 Å². The van der Waals surface area contributed by atoms with Crippen LogP contribution in [-0.2, 0) is 9.53 Å². The Hall–Kier alpha value is -1.55. The molecule has 92 valence electrons. The van der Waals surface area contributed by atoms with Crippen molar-refractivity contribution >= 4 is 17.3 Å². The molecule has 0 atom stereocenters. The number of fused-ring (bicyclic) bond motifs is 1. The zero-order chi connectivity index (χ0) is 12.1. The molecule has 4 nitrogen and oxygen atoms in total. The number of unbranched alkanes of at least 4 members (excludes halogenated alkanes) is 1. The van der Waals surface area contributed by atoms with Crippen LogP contribution in [0.2, 0.25) is 0 Å². The van der Waals surface area contributed by atoms with Gasteiger partial charge in [0.15, 0.2) is 0 Å². The molecular formula is C13H18N2O2. The molecule has 1 aromatic carbocycles. The van der Waals surface area contributed by atoms with E-state index in [2.05, 4.69) is 5.32 Å². The van der Waals surface area contributed by atoms with Gasteiger partial charge in [-0.1, -0.05) is 12.1 Å². The number of para-hydroxylation sites is 2. The molecule has 0 bridgehead atoms. The number of hydrogen-bond donors (Lipinski definition) is 1. The van der Waals surface area contributed by atoms with Gasteiger partial charge in [0, 0.05) is 20.3 Å². The minimum absolute atomic E-state index is 0.140. The Kier molecular flexibility index (Phi) is 3.98. The fourth-order valence-corrected chi connectivity index (χ4v) is 2.02. The quantitative estimate of drug-likeness (QED) is 0.791. The molecule has 4 heteroatoms. The summed E-state index contributed by atoms with van der Waals surface area (Å²) in [5.74, 6) is 0.140. The lowest BCUT2D eigenvalue weighted by Gasteiger charge is -2.30. The van der Waals surface area contributed by atoms with E-state index in [4.69, 9.17) is 4.74 Å². The maximum absolute atomic E-state index is 11.9. The summed E-state index contributed by atoms with van der Waals surface area (Å²) < 4.78 is 5.01. The number of benzene rings is 1. The summed E-state index contributed by atoms with van der Waals surface area (Å²) in [4.78, 5) is 13.7. The van der Waals surface area contributed by atoms with E-state index in [0.717, 1.165) is 37.4 Å². The highest BCUT2D eigenvalue weighted by atomic mass is 16.5. The van der Waals surface area contributed by atoms with Crippen molar-refractivity contribution in [3.8, 4) is 0 Å². The molecule has 1 amide bonds. The van der Waals surface area contributed by atoms with Crippen LogP contribution in [0, 0.1) is 0 Å². The van der Waals surface area contributed by atoms with Gasteiger partial charge in [-0.15, -0.1) is 0 Å². The van der Waals surface area contributed by atoms with E-state index in [1.54, 1.807) is 7.11 Å². The maximum atomic E-state index is 11.9. The van der Waals surface area contributed by atoms with E-state index in [-0.39, 0.29) is 5.91 Å². The van der Waals surface area contributed by atoms with E-state index in [1.807, 2.05) is 29.2 Å². The van der Waals surface area contributed by atoms with Crippen LogP contribution in [0.4, 0.5) is 11.4 Å². The molecule has 0 saturated heterocycles. The molecule has 0 unspecified atom stereocenters. The first kappa shape index (κ1) is 11.9. The first-order valence-corrected chi connectivity index (χ1v) is 5.95. The second kappa shape index (κ2) is 5.68. The molecule has 1 aromatic rings. The summed E-state index contributed by atoms with van der Waals surface area (Å²) in [6.07, 6.45) is 1.95. The average molecular weight is 234 g/mol. The molecule has 0 fully saturated rings. The van der Waals surface area contributed by atoms with Gasteiger partial charge in [-0.05, 0) is 25.0 Å². The highest BCUT2D eigenvalue weighted by Crippen LogP contribution is 2.28. The number of amides is 1. The van der Waals surface area contributed by atoms with Crippen molar-refractivity contribution in [2.75, 3.05) is 37.0 Å². The van der Waals surface area contributed by atoms with Crippen molar-refractivity contribution in [3.63, 3.8) is 0 Å². The largest absolute Gasteiger partial charge is 0.385 e. The van der Waals surface area contributed by atoms with Crippen LogP contribution >= 0.6 is 0 Å². The van der Waals surface area contributed by atoms with Gasteiger partial charge in [0.1, 0.15) is 0 Å². The van der Waals surface area contributed by atoms with Crippen LogP contribution in [0.5, 0.6) is 0 Å². The second-order valence-corrected chi connectivity index (χ2v) is 4.12. The number of carbonyl (C=O) groups excluding carboxylic acids is 1. The van der Waals surface area contributed by atoms with Crippen molar-refractivity contribution in [3.05, 3.63) is 24.3 Å². The summed E-state index contributed by atoms with van der Waals surface area (Å²) >= 11 is 0. The predicted molar refractivity (Wildman–Crippen MR) is 68.4 cm³/mol. The lowest BCUT2D eigenvalue weighted by molar-refractivity contribution is -0.117. The molecule has 0 spiro atoms. The maximum Gasteiger partial charge on any atom is 0.246 e. The molecule has 0 radical (unpaired) electrons. The average Bonchev–Trinajstić information content (AvgIpc) is 2.37. The van der Waals surface area contributed by atoms with Crippen LogP contribution in [0.3, 0.4) is 0 Å². The van der Waals surface area contributed by atoms with Gasteiger partial charge in [0.25, 0.3) is 0 Å². The lowest BCUT2D eigenvalue weighted by Crippen LogP contribution is -2.40. The third-order valence-electron chi connectivity index (χ3n) is 2.91. The molecule has 0 saturated carbocycles. The topological polar surface area (TPSA) is 41.6 Å². The SMILES string of the molecule is COCCCCN1C(=O)CNc2ccccc21. The highest BCUT2D eigenvalue weighted by molar-refractivity contribution is 6.02. The van der Waals surface area contributed by atoms with Gasteiger partial charge in [0.05, 0.1) is 17.9 Å². The standard InChI is InChI=1S/C13H18N2O2/c1-17-9-5-4-8-15-12-7-3-2-6-11(12)14-10-13(15)16/h2-3,6-7,14H,4-5,8-10H2,1H3. The molecule has 17 heavy (non-hydrogen) atoms. The predicted octanol–water partition coefficient (Wildman–Crippen LogP) is 1.87. The molecular weight excluding hydrogens is 216 g/mol. The number of methoxy groups -OCH3 is 1. The number of nitrogens with zero attached hydrogens (tertiary/aromatic N) is 1. The van der Waals surface area contributed by atoms with Gasteiger partial charge in [0.2, 0.25) is 5.91 Å². The van der Waals surface area contributed by atoms with Crippen LogP contribution in [-0.4, -0.2) is 32.7 Å². The summed E-state index contributed by atoms with van der Waals surface area (Å²) in [7, 11) is 1.70. The van der Waals surface area contributed by atoms with Crippen LogP contribution in [0.1, 0.15) is 12.8 Å². The van der Waals surface area contributed by atoms with Crippen LogP contribution < -0.4 is 10.2 Å². The zero-order valence-corrected chi connectivity index (χ0v) is 10.1. The Labute approximate surface area is 102 Å². The Bertz CT molecular complexity index is 393. The molecule has 1 aliphatic heterocycles. The van der Waals surface area contributed by atoms with Crippen LogP contribution in [0.15, 0.2) is 24.3 Å². The summed E-state index contributed by atoms with van der Waals surface area (Å²) in [5.41, 5.74) is 2.03. The fourth-order valence-electron chi connectivity index (χ4n) is 2.02. The molecule has 1 N–H and O–H groups in total. The van der Waals surface area contributed by atoms with E-state index in [1.165, 1.54) is 0 Å². The van der Waals surface area contributed by atoms with Crippen molar-refractivity contribution in [1.29, 1.82) is 0 Å². The van der Waals surface area contributed by atoms with Crippen molar-refractivity contribution < 1.29 is 9.53 Å². The highest BCUT2D eigenvalue weighted by Gasteiger charge is 2.22. The van der Waals surface area contributed by atoms with Crippen molar-refractivity contribution in [1.82, 2.24) is 0 Å². The number of carbonyl (C=O) groups is 1. The van der Waals surface area contributed by atoms with E-state index < -0.39 is 0 Å². The minimum Gasteiger partial charge on any atom is -0.385 e. The van der Waals surface area contributed by atoms with Gasteiger partial charge < -0.3 is 15.0 Å². The van der Waals surface area contributed by atoms with Gasteiger partial charge in [-0.3, -0.25) is 4.79 Å². The lowest BCUT2D eigenvalue weighted by atomic mass is 10.1. The number of anilines is 2. The molecule has 1 aliphatic rings. The minimum atomic E-state index is 0.140. The Morgan fingerprint density at radius 3 is 3.00 bits per heavy atom. The third-order valence-corrected chi connectivity index (χ3v) is 2.91. The molecule has 1 heterocycles. The number of hydrogen-bond acceptors (Lipinski definition) is 3. The summed E-state index contributed by atoms with van der Waals surface area (Å²) in [6.45, 7) is 1.91. The summed E-state index contributed by atoms with van der Waals surface area (Å²) in [5, 5.41) is 3.13. The normalized spacial score (nSPS) is 14.4.